The van der Waals surface area contributed by atoms with E-state index in [1.807, 2.05) is 0 Å². The van der Waals surface area contributed by atoms with Crippen LogP contribution in [0, 0.1) is 46.3 Å². The third-order valence-electron chi connectivity index (χ3n) is 17.1. The molecular formula is C50H96N4O3. The smallest absolute Gasteiger partial charge is 0.0637 e. The van der Waals surface area contributed by atoms with Crippen molar-refractivity contribution >= 4 is 0 Å². The molecule has 1 saturated heterocycles. The molecule has 4 bridgehead atoms. The summed E-state index contributed by atoms with van der Waals surface area (Å²) in [5.74, 6) is 4.04. The summed E-state index contributed by atoms with van der Waals surface area (Å²) in [6, 6.07) is 0. The third kappa shape index (κ3) is 12.9. The molecule has 0 spiro atoms. The van der Waals surface area contributed by atoms with Crippen molar-refractivity contribution < 1.29 is 14.2 Å². The first-order chi connectivity index (χ1) is 27.7. The number of unbranched alkanes of at least 4 members (excludes halogenated alkanes) is 6. The lowest BCUT2D eigenvalue weighted by atomic mass is 9.43. The van der Waals surface area contributed by atoms with Crippen molar-refractivity contribution in [2.24, 2.45) is 52.1 Å². The fourth-order valence-electron chi connectivity index (χ4n) is 13.6. The van der Waals surface area contributed by atoms with Crippen LogP contribution in [0.2, 0.25) is 0 Å². The quantitative estimate of drug-likeness (QED) is 0.0912. The topological polar surface area (TPSA) is 89.8 Å². The van der Waals surface area contributed by atoms with Gasteiger partial charge in [-0.2, -0.15) is 0 Å². The lowest BCUT2D eigenvalue weighted by Crippen LogP contribution is -2.63. The molecule has 4 saturated carbocycles. The highest BCUT2D eigenvalue weighted by atomic mass is 16.5. The van der Waals surface area contributed by atoms with Crippen molar-refractivity contribution in [2.45, 2.75) is 213 Å². The molecule has 5 N–H and O–H groups in total. The van der Waals surface area contributed by atoms with E-state index in [-0.39, 0.29) is 11.0 Å². The van der Waals surface area contributed by atoms with Crippen molar-refractivity contribution in [2.75, 3.05) is 59.1 Å². The number of ether oxygens (including phenoxy) is 3. The van der Waals surface area contributed by atoms with Crippen LogP contribution < -0.4 is 21.7 Å². The van der Waals surface area contributed by atoms with Crippen LogP contribution in [-0.4, -0.2) is 82.9 Å². The highest BCUT2D eigenvalue weighted by Crippen LogP contribution is 2.69. The van der Waals surface area contributed by atoms with E-state index in [0.717, 1.165) is 65.3 Å². The molecule has 5 aliphatic rings. The monoisotopic (exact) mass is 801 g/mol. The summed E-state index contributed by atoms with van der Waals surface area (Å²) in [5.41, 5.74) is 6.84. The maximum absolute atomic E-state index is 7.24. The molecule has 7 heteroatoms. The Morgan fingerprint density at radius 1 is 0.702 bits per heavy atom. The van der Waals surface area contributed by atoms with Crippen molar-refractivity contribution in [3.63, 3.8) is 0 Å². The lowest BCUT2D eigenvalue weighted by Gasteiger charge is -2.65. The van der Waals surface area contributed by atoms with Crippen molar-refractivity contribution in [1.82, 2.24) is 16.0 Å². The van der Waals surface area contributed by atoms with Gasteiger partial charge in [0.05, 0.1) is 18.3 Å². The van der Waals surface area contributed by atoms with E-state index in [4.69, 9.17) is 19.9 Å². The second-order valence-electron chi connectivity index (χ2n) is 21.0. The first kappa shape index (κ1) is 47.8. The maximum Gasteiger partial charge on any atom is 0.0637 e. The molecule has 4 aliphatic carbocycles. The first-order valence-electron chi connectivity index (χ1n) is 25.4. The minimum absolute atomic E-state index is 0.192. The van der Waals surface area contributed by atoms with E-state index in [9.17, 15) is 0 Å². The summed E-state index contributed by atoms with van der Waals surface area (Å²) in [5, 5.41) is 11.6. The van der Waals surface area contributed by atoms with Crippen LogP contribution in [-0.2, 0) is 14.2 Å². The van der Waals surface area contributed by atoms with Crippen molar-refractivity contribution in [3.8, 4) is 0 Å². The number of fused-ring (bicyclic) bond motifs is 2. The molecule has 12 atom stereocenters. The summed E-state index contributed by atoms with van der Waals surface area (Å²) < 4.78 is 21.1. The van der Waals surface area contributed by atoms with Crippen LogP contribution in [0.5, 0.6) is 0 Å². The van der Waals surface area contributed by atoms with Gasteiger partial charge < -0.3 is 35.9 Å². The van der Waals surface area contributed by atoms with Gasteiger partial charge in [-0.25, -0.2) is 0 Å². The van der Waals surface area contributed by atoms with E-state index in [0.29, 0.717) is 65.8 Å². The maximum atomic E-state index is 7.24. The number of nitrogens with one attached hydrogen (secondary N) is 3. The van der Waals surface area contributed by atoms with E-state index in [1.54, 1.807) is 0 Å². The van der Waals surface area contributed by atoms with E-state index in [2.05, 4.69) is 57.5 Å². The fraction of sp³-hybridized carbons (Fsp3) is 1.00. The summed E-state index contributed by atoms with van der Waals surface area (Å²) in [6.45, 7) is 24.0. The molecule has 57 heavy (non-hydrogen) atoms. The van der Waals surface area contributed by atoms with Crippen LogP contribution in [0.4, 0.5) is 0 Å². The molecule has 1 aliphatic heterocycles. The zero-order valence-corrected chi connectivity index (χ0v) is 38.6. The summed E-state index contributed by atoms with van der Waals surface area (Å²) >= 11 is 0. The standard InChI is InChI=1S/C50H96N4O3/c1-7-9-11-12-13-14-32-54-48(4)24-15-20-39(3)42-21-22-43-47-44(38-46(50(42,43)6)57-33-17-27-51)49(5)26-23-41(55-34-18-30-52-28-10-8-2)36-40(49)37-45(47)56-35-19-31-53-29-16-25-48/h39-47,52-54H,7-38,51H2,1-6H3/t39-,40?,41-,42?,43+,44+,45-,46+,47?,48?,49+,50-/m1/s1. The number of nitrogens with two attached hydrogens (primary N) is 1. The Morgan fingerprint density at radius 3 is 2.26 bits per heavy atom. The minimum atomic E-state index is 0.192. The highest BCUT2D eigenvalue weighted by molar-refractivity contribution is 5.15. The van der Waals surface area contributed by atoms with Gasteiger partial charge >= 0.3 is 0 Å². The van der Waals surface area contributed by atoms with E-state index >= 15 is 0 Å². The van der Waals surface area contributed by atoms with Crippen LogP contribution in [0.25, 0.3) is 0 Å². The van der Waals surface area contributed by atoms with Gasteiger partial charge in [0.25, 0.3) is 0 Å². The molecule has 5 rings (SSSR count). The molecule has 0 aromatic carbocycles. The molecule has 4 unspecified atom stereocenters. The van der Waals surface area contributed by atoms with Gasteiger partial charge in [0.2, 0.25) is 0 Å². The summed E-state index contributed by atoms with van der Waals surface area (Å²) in [4.78, 5) is 0. The molecule has 0 aromatic heterocycles. The molecule has 334 valence electrons. The number of hydrogen-bond acceptors (Lipinski definition) is 7. The summed E-state index contributed by atoms with van der Waals surface area (Å²) in [6.07, 6.45) is 30.2. The fourth-order valence-corrected chi connectivity index (χ4v) is 13.6. The second-order valence-corrected chi connectivity index (χ2v) is 21.0. The van der Waals surface area contributed by atoms with Gasteiger partial charge in [0, 0.05) is 30.8 Å². The highest BCUT2D eigenvalue weighted by Gasteiger charge is 2.66. The van der Waals surface area contributed by atoms with Crippen LogP contribution in [0.1, 0.15) is 189 Å². The SMILES string of the molecule is CCCCCCCCNC1(C)CCCNCCCO[C@@H]2CC3C[C@H](OCCCNCCCC)CC[C@]3(C)[C@H]3C[C@H](OCCCN)[C@]4(C)C(CC[C@H]4C23)[C@H](C)CCC1. The van der Waals surface area contributed by atoms with Crippen molar-refractivity contribution in [1.29, 1.82) is 0 Å². The zero-order chi connectivity index (χ0) is 40.6. The zero-order valence-electron chi connectivity index (χ0n) is 38.6. The Kier molecular flexibility index (Phi) is 20.4. The normalized spacial score (nSPS) is 39.3. The van der Waals surface area contributed by atoms with Gasteiger partial charge in [-0.05, 0) is 183 Å². The van der Waals surface area contributed by atoms with Crippen LogP contribution in [0.15, 0.2) is 0 Å². The predicted molar refractivity (Wildman–Crippen MR) is 241 cm³/mol. The Morgan fingerprint density at radius 2 is 1.44 bits per heavy atom. The predicted octanol–water partition coefficient (Wildman–Crippen LogP) is 10.4. The van der Waals surface area contributed by atoms with Gasteiger partial charge in [0.15, 0.2) is 0 Å². The van der Waals surface area contributed by atoms with Crippen molar-refractivity contribution in [3.05, 3.63) is 0 Å². The molecular weight excluding hydrogens is 705 g/mol. The van der Waals surface area contributed by atoms with E-state index < -0.39 is 0 Å². The number of hydrogen-bond donors (Lipinski definition) is 4. The minimum Gasteiger partial charge on any atom is -0.378 e. The first-order valence-corrected chi connectivity index (χ1v) is 25.4. The van der Waals surface area contributed by atoms with Gasteiger partial charge in [-0.3, -0.25) is 0 Å². The van der Waals surface area contributed by atoms with Gasteiger partial charge in [-0.1, -0.05) is 86.0 Å². The lowest BCUT2D eigenvalue weighted by molar-refractivity contribution is -0.227. The number of rotatable bonds is 20. The average molecular weight is 801 g/mol. The average Bonchev–Trinajstić information content (AvgIpc) is 3.56. The summed E-state index contributed by atoms with van der Waals surface area (Å²) in [7, 11) is 0. The molecule has 0 amide bonds. The van der Waals surface area contributed by atoms with Gasteiger partial charge in [0.1, 0.15) is 0 Å². The largest absolute Gasteiger partial charge is 0.378 e. The molecule has 1 heterocycles. The molecule has 0 aromatic rings. The molecule has 5 fully saturated rings. The second kappa shape index (κ2) is 24.4. The van der Waals surface area contributed by atoms with Gasteiger partial charge in [-0.15, -0.1) is 0 Å². The van der Waals surface area contributed by atoms with Crippen LogP contribution in [0.3, 0.4) is 0 Å². The third-order valence-corrected chi connectivity index (χ3v) is 17.1. The Hall–Kier alpha value is -0.280. The van der Waals surface area contributed by atoms with Crippen LogP contribution >= 0.6 is 0 Å². The molecule has 7 nitrogen and oxygen atoms in total. The Bertz CT molecular complexity index is 1100. The Balaban J connectivity index is 1.30. The Labute approximate surface area is 353 Å². The molecule has 0 radical (unpaired) electrons. The van der Waals surface area contributed by atoms with E-state index in [1.165, 1.54) is 135 Å².